The van der Waals surface area contributed by atoms with E-state index >= 15 is 0 Å². The van der Waals surface area contributed by atoms with Crippen molar-refractivity contribution < 1.29 is 0 Å². The molecule has 144 valence electrons. The zero-order valence-corrected chi connectivity index (χ0v) is 15.7. The van der Waals surface area contributed by atoms with Gasteiger partial charge in [0.05, 0.1) is 10.9 Å². The van der Waals surface area contributed by atoms with Crippen LogP contribution in [0.4, 0.5) is 5.69 Å². The number of aromatic amines is 1. The van der Waals surface area contributed by atoms with Gasteiger partial charge in [-0.25, -0.2) is 4.79 Å². The Morgan fingerprint density at radius 2 is 1.79 bits per heavy atom. The van der Waals surface area contributed by atoms with Gasteiger partial charge in [0.2, 0.25) is 0 Å². The number of rotatable bonds is 4. The Balaban J connectivity index is 1.28. The van der Waals surface area contributed by atoms with Gasteiger partial charge < -0.3 is 15.6 Å². The first kappa shape index (κ1) is 17.3. The standard InChI is InChI=1S/C22H24N4O2/c23-16-7-5-14(6-8-16)18-11-15-12-25(13-19(15)18)9-10-26-21(27)17-3-1-2-4-20(17)24-22(26)28/h1-8,15,18-19H,9-13,23H2,(H,24,28). The smallest absolute Gasteiger partial charge is 0.328 e. The number of nitrogens with one attached hydrogen (secondary N) is 1. The third-order valence-electron chi connectivity index (χ3n) is 6.53. The van der Waals surface area contributed by atoms with Gasteiger partial charge in [-0.05, 0) is 54.0 Å². The summed E-state index contributed by atoms with van der Waals surface area (Å²) < 4.78 is 1.33. The normalized spacial score (nSPS) is 24.2. The summed E-state index contributed by atoms with van der Waals surface area (Å²) in [5, 5.41) is 0.562. The van der Waals surface area contributed by atoms with Crippen LogP contribution in [-0.4, -0.2) is 34.1 Å². The van der Waals surface area contributed by atoms with Gasteiger partial charge in [0.25, 0.3) is 5.56 Å². The summed E-state index contributed by atoms with van der Waals surface area (Å²) in [6.07, 6.45) is 1.21. The van der Waals surface area contributed by atoms with Crippen molar-refractivity contribution in [1.82, 2.24) is 14.5 Å². The number of hydrogen-bond acceptors (Lipinski definition) is 4. The van der Waals surface area contributed by atoms with Crippen molar-refractivity contribution in [2.45, 2.75) is 18.9 Å². The predicted octanol–water partition coefficient (Wildman–Crippen LogP) is 2.01. The Bertz CT molecular complexity index is 1130. The molecule has 5 rings (SSSR count). The van der Waals surface area contributed by atoms with Gasteiger partial charge in [-0.15, -0.1) is 0 Å². The van der Waals surface area contributed by atoms with Crippen LogP contribution in [0.15, 0.2) is 58.1 Å². The highest BCUT2D eigenvalue weighted by molar-refractivity contribution is 5.76. The number of benzene rings is 2. The van der Waals surface area contributed by atoms with Crippen LogP contribution >= 0.6 is 0 Å². The molecular weight excluding hydrogens is 352 g/mol. The minimum Gasteiger partial charge on any atom is -0.399 e. The van der Waals surface area contributed by atoms with E-state index in [0.717, 1.165) is 25.3 Å². The van der Waals surface area contributed by atoms with Crippen LogP contribution in [0.3, 0.4) is 0 Å². The van der Waals surface area contributed by atoms with E-state index in [1.165, 1.54) is 16.6 Å². The molecule has 2 fully saturated rings. The summed E-state index contributed by atoms with van der Waals surface area (Å²) in [5.41, 5.74) is 8.05. The Hall–Kier alpha value is -2.86. The van der Waals surface area contributed by atoms with E-state index in [9.17, 15) is 9.59 Å². The highest BCUT2D eigenvalue weighted by Gasteiger charge is 2.47. The third-order valence-corrected chi connectivity index (χ3v) is 6.53. The molecule has 3 aromatic rings. The molecule has 3 atom stereocenters. The molecule has 2 aromatic carbocycles. The molecule has 2 heterocycles. The van der Waals surface area contributed by atoms with Crippen molar-refractivity contribution in [3.05, 3.63) is 74.9 Å². The minimum atomic E-state index is -0.328. The van der Waals surface area contributed by atoms with Crippen molar-refractivity contribution in [3.63, 3.8) is 0 Å². The lowest BCUT2D eigenvalue weighted by Gasteiger charge is -2.40. The maximum Gasteiger partial charge on any atom is 0.328 e. The van der Waals surface area contributed by atoms with Gasteiger partial charge in [-0.3, -0.25) is 9.36 Å². The molecule has 28 heavy (non-hydrogen) atoms. The molecule has 0 radical (unpaired) electrons. The maximum atomic E-state index is 12.7. The van der Waals surface area contributed by atoms with Gasteiger partial charge in [0, 0.05) is 31.9 Å². The Morgan fingerprint density at radius 1 is 1.00 bits per heavy atom. The second-order valence-electron chi connectivity index (χ2n) is 8.12. The number of likely N-dealkylation sites (tertiary alicyclic amines) is 1. The molecule has 0 bridgehead atoms. The molecule has 2 aliphatic rings. The minimum absolute atomic E-state index is 0.207. The van der Waals surface area contributed by atoms with E-state index in [0.29, 0.717) is 35.2 Å². The largest absolute Gasteiger partial charge is 0.399 e. The lowest BCUT2D eigenvalue weighted by Crippen LogP contribution is -2.38. The average molecular weight is 376 g/mol. The van der Waals surface area contributed by atoms with Crippen LogP contribution < -0.4 is 17.0 Å². The van der Waals surface area contributed by atoms with Gasteiger partial charge in [0.1, 0.15) is 0 Å². The summed E-state index contributed by atoms with van der Waals surface area (Å²) in [4.78, 5) is 30.2. The Kier molecular flexibility index (Phi) is 4.09. The van der Waals surface area contributed by atoms with E-state index in [2.05, 4.69) is 22.0 Å². The van der Waals surface area contributed by atoms with Crippen LogP contribution in [-0.2, 0) is 6.54 Å². The lowest BCUT2D eigenvalue weighted by molar-refractivity contribution is 0.191. The Labute approximate surface area is 162 Å². The first-order chi connectivity index (χ1) is 13.6. The summed E-state index contributed by atoms with van der Waals surface area (Å²) in [6, 6.07) is 15.4. The summed E-state index contributed by atoms with van der Waals surface area (Å²) in [7, 11) is 0. The third kappa shape index (κ3) is 2.85. The predicted molar refractivity (Wildman–Crippen MR) is 110 cm³/mol. The number of nitrogens with zero attached hydrogens (tertiary/aromatic N) is 2. The Morgan fingerprint density at radius 3 is 2.61 bits per heavy atom. The molecule has 1 aromatic heterocycles. The topological polar surface area (TPSA) is 84.1 Å². The van der Waals surface area contributed by atoms with E-state index in [-0.39, 0.29) is 11.2 Å². The van der Waals surface area contributed by atoms with E-state index < -0.39 is 0 Å². The van der Waals surface area contributed by atoms with Crippen LogP contribution in [0, 0.1) is 11.8 Å². The van der Waals surface area contributed by atoms with Crippen molar-refractivity contribution in [3.8, 4) is 0 Å². The molecule has 1 aliphatic heterocycles. The monoisotopic (exact) mass is 376 g/mol. The number of aromatic nitrogens is 2. The molecule has 6 nitrogen and oxygen atoms in total. The van der Waals surface area contributed by atoms with Crippen molar-refractivity contribution in [2.75, 3.05) is 25.4 Å². The van der Waals surface area contributed by atoms with Crippen molar-refractivity contribution in [1.29, 1.82) is 0 Å². The molecule has 1 aliphatic carbocycles. The first-order valence-electron chi connectivity index (χ1n) is 9.90. The van der Waals surface area contributed by atoms with Gasteiger partial charge in [0.15, 0.2) is 0 Å². The molecule has 1 saturated carbocycles. The van der Waals surface area contributed by atoms with Gasteiger partial charge in [-0.1, -0.05) is 24.3 Å². The fourth-order valence-corrected chi connectivity index (χ4v) is 4.95. The van der Waals surface area contributed by atoms with Gasteiger partial charge >= 0.3 is 5.69 Å². The maximum absolute atomic E-state index is 12.7. The number of H-pyrrole nitrogens is 1. The summed E-state index contributed by atoms with van der Waals surface area (Å²) >= 11 is 0. The quantitative estimate of drug-likeness (QED) is 0.682. The zero-order chi connectivity index (χ0) is 19.3. The van der Waals surface area contributed by atoms with Crippen LogP contribution in [0.5, 0.6) is 0 Å². The molecule has 0 spiro atoms. The number of hydrogen-bond donors (Lipinski definition) is 2. The average Bonchev–Trinajstić information content (AvgIpc) is 2.99. The number of para-hydroxylation sites is 1. The highest BCUT2D eigenvalue weighted by Crippen LogP contribution is 2.51. The summed E-state index contributed by atoms with van der Waals surface area (Å²) in [5.74, 6) is 1.98. The fourth-order valence-electron chi connectivity index (χ4n) is 4.95. The van der Waals surface area contributed by atoms with E-state index in [1.807, 2.05) is 24.3 Å². The fraction of sp³-hybridized carbons (Fsp3) is 0.364. The number of fused-ring (bicyclic) bond motifs is 2. The SMILES string of the molecule is Nc1ccc(C2CC3CN(CCn4c(=O)[nH]c5ccccc5c4=O)CC32)cc1. The number of nitrogens with two attached hydrogens (primary N) is 1. The molecule has 3 unspecified atom stereocenters. The summed E-state index contributed by atoms with van der Waals surface area (Å²) in [6.45, 7) is 3.23. The van der Waals surface area contributed by atoms with Crippen LogP contribution in [0.25, 0.3) is 10.9 Å². The number of nitrogen functional groups attached to an aromatic ring is 1. The first-order valence-corrected chi connectivity index (χ1v) is 9.90. The van der Waals surface area contributed by atoms with Crippen LogP contribution in [0.2, 0.25) is 0 Å². The molecule has 6 heteroatoms. The second kappa shape index (κ2) is 6.63. The molecule has 0 amide bonds. The second-order valence-corrected chi connectivity index (χ2v) is 8.12. The lowest BCUT2D eigenvalue weighted by atomic mass is 9.64. The van der Waals surface area contributed by atoms with Crippen molar-refractivity contribution in [2.24, 2.45) is 11.8 Å². The zero-order valence-electron chi connectivity index (χ0n) is 15.7. The highest BCUT2D eigenvalue weighted by atomic mass is 16.2. The molecule has 3 N–H and O–H groups in total. The molecule has 1 saturated heterocycles. The van der Waals surface area contributed by atoms with E-state index in [1.54, 1.807) is 12.1 Å². The van der Waals surface area contributed by atoms with E-state index in [4.69, 9.17) is 5.73 Å². The molecular formula is C22H24N4O2. The van der Waals surface area contributed by atoms with Gasteiger partial charge in [-0.2, -0.15) is 0 Å². The van der Waals surface area contributed by atoms with Crippen LogP contribution in [0.1, 0.15) is 17.9 Å². The van der Waals surface area contributed by atoms with Crippen molar-refractivity contribution >= 4 is 16.6 Å². The number of anilines is 1.